The Morgan fingerprint density at radius 3 is 0.393 bits per heavy atom. The van der Waals surface area contributed by atoms with Gasteiger partial charge in [-0.25, -0.2) is 0 Å². The van der Waals surface area contributed by atoms with Crippen LogP contribution in [0.25, 0.3) is 0 Å². The molecular weight excluding hydrogens is 685 g/mol. The lowest BCUT2D eigenvalue weighted by molar-refractivity contribution is 0.149. The summed E-state index contributed by atoms with van der Waals surface area (Å²) < 4.78 is 0. The summed E-state index contributed by atoms with van der Waals surface area (Å²) in [5.41, 5.74) is 37.6. The summed E-state index contributed by atoms with van der Waals surface area (Å²) in [6, 6.07) is 0. The predicted octanol–water partition coefficient (Wildman–Crippen LogP) is 13.4. The highest BCUT2D eigenvalue weighted by molar-refractivity contribution is 5.06. The van der Waals surface area contributed by atoms with E-state index in [-0.39, 0.29) is 11.1 Å². The van der Waals surface area contributed by atoms with Crippen LogP contribution in [0.3, 0.4) is 0 Å². The maximum absolute atomic E-state index is 7.72. The molecule has 0 heterocycles. The van der Waals surface area contributed by atoms with Crippen LogP contribution in [0.4, 0.5) is 0 Å². The fourth-order valence-electron chi connectivity index (χ4n) is 9.24. The molecule has 0 bridgehead atoms. The molecule has 0 fully saturated rings. The van der Waals surface area contributed by atoms with Crippen LogP contribution < -0.4 is 34.4 Å². The number of hydrogen-bond donors (Lipinski definition) is 6. The molecule has 0 unspecified atom stereocenters. The molecule has 0 aromatic carbocycles. The second kappa shape index (κ2) is 44.3. The molecule has 0 atom stereocenters. The summed E-state index contributed by atoms with van der Waals surface area (Å²) in [4.78, 5) is 0. The molecule has 12 N–H and O–H groups in total. The van der Waals surface area contributed by atoms with Gasteiger partial charge in [-0.3, -0.25) is 0 Å². The molecule has 56 heavy (non-hydrogen) atoms. The van der Waals surface area contributed by atoms with Crippen molar-refractivity contribution in [2.24, 2.45) is 34.4 Å². The van der Waals surface area contributed by atoms with Gasteiger partial charge in [0.2, 0.25) is 0 Å². The van der Waals surface area contributed by atoms with Gasteiger partial charge in [-0.05, 0) is 77.5 Å². The molecule has 0 aliphatic carbocycles. The van der Waals surface area contributed by atoms with E-state index in [9.17, 15) is 0 Å². The van der Waals surface area contributed by atoms with Crippen LogP contribution >= 0.6 is 0 Å². The lowest BCUT2D eigenvalue weighted by Gasteiger charge is -2.47. The lowest BCUT2D eigenvalue weighted by atomic mass is 9.66. The highest BCUT2D eigenvalue weighted by atomic mass is 14.9. The highest BCUT2D eigenvalue weighted by Gasteiger charge is 2.43. The van der Waals surface area contributed by atoms with Crippen molar-refractivity contribution >= 4 is 0 Å². The van der Waals surface area contributed by atoms with E-state index in [2.05, 4.69) is 0 Å². The molecule has 6 heteroatoms. The molecule has 0 radical (unpaired) electrons. The van der Waals surface area contributed by atoms with E-state index in [1.54, 1.807) is 0 Å². The summed E-state index contributed by atoms with van der Waals surface area (Å²) in [5, 5.41) is 0. The zero-order chi connectivity index (χ0) is 40.9. The molecule has 338 valence electrons. The van der Waals surface area contributed by atoms with E-state index < -0.39 is 0 Å². The fourth-order valence-corrected chi connectivity index (χ4v) is 9.24. The first-order valence-corrected chi connectivity index (χ1v) is 25.9. The highest BCUT2D eigenvalue weighted by Crippen LogP contribution is 2.37. The number of rotatable bonds is 49. The molecule has 0 aromatic heterocycles. The Balaban J connectivity index is 5.17. The van der Waals surface area contributed by atoms with Gasteiger partial charge in [0.15, 0.2) is 0 Å². The second-order valence-electron chi connectivity index (χ2n) is 18.6. The summed E-state index contributed by atoms with van der Waals surface area (Å²) in [6.45, 7) is 3.37. The first kappa shape index (κ1) is 55.8. The Bertz CT molecular complexity index is 620. The molecule has 0 spiro atoms. The fraction of sp³-hybridized carbons (Fsp3) is 1.00. The topological polar surface area (TPSA) is 156 Å². The van der Waals surface area contributed by atoms with Gasteiger partial charge in [-0.1, -0.05) is 231 Å². The van der Waals surface area contributed by atoms with Crippen LogP contribution in [0.5, 0.6) is 0 Å². The molecule has 6 nitrogen and oxygen atoms in total. The number of unbranched alkanes of at least 4 members (excludes halogenated alkanes) is 36. The van der Waals surface area contributed by atoms with E-state index in [4.69, 9.17) is 34.4 Å². The maximum atomic E-state index is 7.72. The summed E-state index contributed by atoms with van der Waals surface area (Å²) in [6.07, 6.45) is 57.5. The van der Waals surface area contributed by atoms with E-state index in [0.29, 0.717) is 0 Å². The minimum absolute atomic E-state index is 0.244. The summed E-state index contributed by atoms with van der Waals surface area (Å²) in [5.74, 6) is 0. The third-order valence-corrected chi connectivity index (χ3v) is 13.3. The molecule has 0 rings (SSSR count). The van der Waals surface area contributed by atoms with Gasteiger partial charge in [-0.2, -0.15) is 0 Å². The van der Waals surface area contributed by atoms with Crippen molar-refractivity contribution < 1.29 is 0 Å². The Hall–Kier alpha value is -0.240. The van der Waals surface area contributed by atoms with Crippen molar-refractivity contribution in [2.45, 2.75) is 294 Å². The molecule has 0 aromatic rings. The third kappa shape index (κ3) is 35.7. The average Bonchev–Trinajstić information content (AvgIpc) is 3.20. The van der Waals surface area contributed by atoms with Crippen LogP contribution in [0, 0.1) is 0 Å². The summed E-state index contributed by atoms with van der Waals surface area (Å²) >= 11 is 0. The predicted molar refractivity (Wildman–Crippen MR) is 253 cm³/mol. The molecule has 0 saturated heterocycles. The Labute approximate surface area is 353 Å². The zero-order valence-electron chi connectivity index (χ0n) is 38.4. The standard InChI is InChI=1S/C50H108N6/c51-45-37-29-21-13-5-1-9-17-25-33-41-49(55,42-34-26-18-10-2-6-14-22-30-38-46-52)50(56,43-35-27-19-11-3-7-15-23-31-39-47-53)44-36-28-20-12-4-8-16-24-32-40-48-54/h1-48,51-56H2. The van der Waals surface area contributed by atoms with E-state index >= 15 is 0 Å². The Kier molecular flexibility index (Phi) is 44.1. The lowest BCUT2D eigenvalue weighted by Crippen LogP contribution is -2.65. The molecule has 0 aliphatic rings. The van der Waals surface area contributed by atoms with Crippen molar-refractivity contribution in [3.8, 4) is 0 Å². The number of hydrogen-bond acceptors (Lipinski definition) is 6. The first-order chi connectivity index (χ1) is 27.5. The monoisotopic (exact) mass is 793 g/mol. The zero-order valence-corrected chi connectivity index (χ0v) is 38.4. The molecule has 0 amide bonds. The maximum Gasteiger partial charge on any atom is 0.0336 e. The van der Waals surface area contributed by atoms with Crippen molar-refractivity contribution in [3.05, 3.63) is 0 Å². The van der Waals surface area contributed by atoms with Gasteiger partial charge in [0.1, 0.15) is 0 Å². The smallest absolute Gasteiger partial charge is 0.0336 e. The minimum Gasteiger partial charge on any atom is -0.330 e. The SMILES string of the molecule is NCCCCCCCCCCCCC(N)(CCCCCCCCCCCCN)C(N)(CCCCCCCCCCCCN)CCCCCCCCCCCCN. The van der Waals surface area contributed by atoms with Crippen LogP contribution in [0.1, 0.15) is 283 Å². The summed E-state index contributed by atoms with van der Waals surface area (Å²) in [7, 11) is 0. The van der Waals surface area contributed by atoms with Crippen LogP contribution in [0.15, 0.2) is 0 Å². The van der Waals surface area contributed by atoms with Crippen molar-refractivity contribution in [1.82, 2.24) is 0 Å². The van der Waals surface area contributed by atoms with Crippen LogP contribution in [-0.2, 0) is 0 Å². The van der Waals surface area contributed by atoms with E-state index in [0.717, 1.165) is 51.9 Å². The van der Waals surface area contributed by atoms with Crippen molar-refractivity contribution in [3.63, 3.8) is 0 Å². The van der Waals surface area contributed by atoms with Crippen LogP contribution in [-0.4, -0.2) is 37.3 Å². The van der Waals surface area contributed by atoms with Crippen LogP contribution in [0.2, 0.25) is 0 Å². The normalized spacial score (nSPS) is 12.3. The van der Waals surface area contributed by atoms with Gasteiger partial charge in [0, 0.05) is 11.1 Å². The van der Waals surface area contributed by atoms with E-state index in [1.807, 2.05) is 0 Å². The van der Waals surface area contributed by atoms with Gasteiger partial charge in [0.05, 0.1) is 0 Å². The molecule has 0 saturated carbocycles. The second-order valence-corrected chi connectivity index (χ2v) is 18.6. The van der Waals surface area contributed by atoms with Gasteiger partial charge >= 0.3 is 0 Å². The van der Waals surface area contributed by atoms with Gasteiger partial charge in [-0.15, -0.1) is 0 Å². The number of nitrogens with two attached hydrogens (primary N) is 6. The third-order valence-electron chi connectivity index (χ3n) is 13.3. The quantitative estimate of drug-likeness (QED) is 0.0337. The van der Waals surface area contributed by atoms with Gasteiger partial charge < -0.3 is 34.4 Å². The first-order valence-electron chi connectivity index (χ1n) is 25.9. The van der Waals surface area contributed by atoms with E-state index in [1.165, 1.54) is 257 Å². The largest absolute Gasteiger partial charge is 0.330 e. The average molecular weight is 793 g/mol. The van der Waals surface area contributed by atoms with Crippen molar-refractivity contribution in [1.29, 1.82) is 0 Å². The minimum atomic E-state index is -0.244. The Morgan fingerprint density at radius 2 is 0.268 bits per heavy atom. The molecule has 0 aliphatic heterocycles. The van der Waals surface area contributed by atoms with Crippen molar-refractivity contribution in [2.75, 3.05) is 26.2 Å². The molecular formula is C50H108N6. The van der Waals surface area contributed by atoms with Gasteiger partial charge in [0.25, 0.3) is 0 Å². The Morgan fingerprint density at radius 1 is 0.161 bits per heavy atom.